The van der Waals surface area contributed by atoms with E-state index in [-0.39, 0.29) is 0 Å². The molecule has 1 aliphatic carbocycles. The zero-order valence-corrected chi connectivity index (χ0v) is 10.6. The van der Waals surface area contributed by atoms with Gasteiger partial charge in [0, 0.05) is 11.9 Å². The van der Waals surface area contributed by atoms with E-state index in [1.54, 1.807) is 11.3 Å². The second kappa shape index (κ2) is 4.71. The first kappa shape index (κ1) is 11.2. The van der Waals surface area contributed by atoms with Crippen LogP contribution in [0.1, 0.15) is 39.0 Å². The molecule has 1 aromatic rings. The Bertz CT molecular complexity index is 318. The normalized spacial score (nSPS) is 19.3. The van der Waals surface area contributed by atoms with Crippen molar-refractivity contribution in [2.75, 3.05) is 11.9 Å². The van der Waals surface area contributed by atoms with Crippen molar-refractivity contribution in [3.05, 3.63) is 10.5 Å². The summed E-state index contributed by atoms with van der Waals surface area (Å²) >= 11 is 7.37. The molecule has 1 saturated carbocycles. The number of hydrogen-bond acceptors (Lipinski definition) is 3. The van der Waals surface area contributed by atoms with E-state index < -0.39 is 0 Å². The molecule has 0 saturated heterocycles. The first-order valence-electron chi connectivity index (χ1n) is 5.59. The van der Waals surface area contributed by atoms with Crippen molar-refractivity contribution in [3.8, 4) is 0 Å². The van der Waals surface area contributed by atoms with Crippen LogP contribution in [-0.2, 0) is 0 Å². The van der Waals surface area contributed by atoms with Crippen molar-refractivity contribution >= 4 is 28.1 Å². The lowest BCUT2D eigenvalue weighted by atomic mass is 9.83. The van der Waals surface area contributed by atoms with Crippen molar-refractivity contribution in [1.29, 1.82) is 0 Å². The number of hydrogen-bond donors (Lipinski definition) is 1. The van der Waals surface area contributed by atoms with E-state index >= 15 is 0 Å². The molecule has 0 amide bonds. The minimum atomic E-state index is 0.512. The molecule has 1 aromatic heterocycles. The number of anilines is 1. The van der Waals surface area contributed by atoms with Gasteiger partial charge in [-0.05, 0) is 24.7 Å². The first-order valence-corrected chi connectivity index (χ1v) is 6.85. The average Bonchev–Trinajstić information content (AvgIpc) is 2.85. The Morgan fingerprint density at radius 1 is 1.53 bits per heavy atom. The molecule has 1 heterocycles. The van der Waals surface area contributed by atoms with Crippen LogP contribution in [-0.4, -0.2) is 11.5 Å². The van der Waals surface area contributed by atoms with Crippen LogP contribution in [0.5, 0.6) is 0 Å². The number of thiazole rings is 1. The van der Waals surface area contributed by atoms with Gasteiger partial charge in [-0.25, -0.2) is 4.98 Å². The van der Waals surface area contributed by atoms with Crippen molar-refractivity contribution in [2.24, 2.45) is 5.41 Å². The summed E-state index contributed by atoms with van der Waals surface area (Å²) < 4.78 is 0. The smallest absolute Gasteiger partial charge is 0.184 e. The Kier molecular flexibility index (Phi) is 3.52. The third kappa shape index (κ3) is 2.64. The fourth-order valence-electron chi connectivity index (χ4n) is 2.38. The number of halogens is 1. The highest BCUT2D eigenvalue weighted by Gasteiger charge is 2.31. The van der Waals surface area contributed by atoms with E-state index in [0.717, 1.165) is 11.7 Å². The van der Waals surface area contributed by atoms with E-state index in [4.69, 9.17) is 11.6 Å². The van der Waals surface area contributed by atoms with E-state index in [9.17, 15) is 0 Å². The molecular formula is C11H17ClN2S. The summed E-state index contributed by atoms with van der Waals surface area (Å²) in [6, 6.07) is 0. The monoisotopic (exact) mass is 244 g/mol. The van der Waals surface area contributed by atoms with Gasteiger partial charge in [-0.15, -0.1) is 11.3 Å². The Balaban J connectivity index is 1.91. The van der Waals surface area contributed by atoms with Gasteiger partial charge in [0.25, 0.3) is 0 Å². The number of nitrogens with one attached hydrogen (secondary N) is 1. The van der Waals surface area contributed by atoms with Gasteiger partial charge in [-0.1, -0.05) is 31.4 Å². The minimum absolute atomic E-state index is 0.512. The van der Waals surface area contributed by atoms with Crippen molar-refractivity contribution in [2.45, 2.75) is 39.0 Å². The summed E-state index contributed by atoms with van der Waals surface area (Å²) in [4.78, 5) is 4.21. The molecule has 0 aliphatic heterocycles. The van der Waals surface area contributed by atoms with Crippen molar-refractivity contribution < 1.29 is 0 Å². The maximum absolute atomic E-state index is 5.78. The third-order valence-electron chi connectivity index (χ3n) is 3.50. The molecule has 2 nitrogen and oxygen atoms in total. The molecule has 84 valence electrons. The first-order chi connectivity index (χ1) is 7.24. The predicted octanol–water partition coefficient (Wildman–Crippen LogP) is 4.18. The van der Waals surface area contributed by atoms with E-state index in [2.05, 4.69) is 17.2 Å². The maximum Gasteiger partial charge on any atom is 0.184 e. The van der Waals surface area contributed by atoms with E-state index in [0.29, 0.717) is 10.6 Å². The average molecular weight is 245 g/mol. The summed E-state index contributed by atoms with van der Waals surface area (Å²) in [7, 11) is 0. The summed E-state index contributed by atoms with van der Waals surface area (Å²) in [5.41, 5.74) is 0.512. The van der Waals surface area contributed by atoms with Crippen LogP contribution in [0.3, 0.4) is 0 Å². The zero-order chi connectivity index (χ0) is 10.7. The molecule has 0 aromatic carbocycles. The SMILES string of the molecule is CCC1(CNc2nc(Cl)cs2)CCCC1. The second-order valence-corrected chi connectivity index (χ2v) is 5.63. The van der Waals surface area contributed by atoms with Crippen molar-refractivity contribution in [1.82, 2.24) is 4.98 Å². The Hall–Kier alpha value is -0.280. The molecule has 1 N–H and O–H groups in total. The van der Waals surface area contributed by atoms with Crippen LogP contribution in [0.2, 0.25) is 5.15 Å². The highest BCUT2D eigenvalue weighted by molar-refractivity contribution is 7.14. The summed E-state index contributed by atoms with van der Waals surface area (Å²) in [6.45, 7) is 3.34. The lowest BCUT2D eigenvalue weighted by Gasteiger charge is -2.27. The van der Waals surface area contributed by atoms with Crippen LogP contribution < -0.4 is 5.32 Å². The fourth-order valence-corrected chi connectivity index (χ4v) is 3.22. The summed E-state index contributed by atoms with van der Waals surface area (Å²) in [6.07, 6.45) is 6.74. The standard InChI is InChI=1S/C11H17ClN2S/c1-2-11(5-3-4-6-11)8-13-10-14-9(12)7-15-10/h7H,2-6,8H2,1H3,(H,13,14). The molecule has 15 heavy (non-hydrogen) atoms. The highest BCUT2D eigenvalue weighted by Crippen LogP contribution is 2.41. The van der Waals surface area contributed by atoms with Crippen LogP contribution in [0.15, 0.2) is 5.38 Å². The van der Waals surface area contributed by atoms with Crippen molar-refractivity contribution in [3.63, 3.8) is 0 Å². The highest BCUT2D eigenvalue weighted by atomic mass is 35.5. The van der Waals surface area contributed by atoms with Crippen LogP contribution in [0, 0.1) is 5.41 Å². The fraction of sp³-hybridized carbons (Fsp3) is 0.727. The third-order valence-corrected chi connectivity index (χ3v) is 4.63. The van der Waals surface area contributed by atoms with Gasteiger partial charge in [-0.2, -0.15) is 0 Å². The van der Waals surface area contributed by atoms with Crippen LogP contribution in [0.4, 0.5) is 5.13 Å². The quantitative estimate of drug-likeness (QED) is 0.860. The topological polar surface area (TPSA) is 24.9 Å². The Morgan fingerprint density at radius 3 is 2.80 bits per heavy atom. The molecule has 4 heteroatoms. The van der Waals surface area contributed by atoms with Gasteiger partial charge in [0.1, 0.15) is 5.15 Å². The number of nitrogens with zero attached hydrogens (tertiary/aromatic N) is 1. The molecule has 0 unspecified atom stereocenters. The molecule has 0 spiro atoms. The number of aromatic nitrogens is 1. The lowest BCUT2D eigenvalue weighted by Crippen LogP contribution is -2.25. The summed E-state index contributed by atoms with van der Waals surface area (Å²) in [5.74, 6) is 0. The Labute approximate surface area is 100 Å². The maximum atomic E-state index is 5.78. The molecular weight excluding hydrogens is 228 g/mol. The van der Waals surface area contributed by atoms with Gasteiger partial charge in [0.2, 0.25) is 0 Å². The molecule has 0 radical (unpaired) electrons. The molecule has 0 atom stereocenters. The zero-order valence-electron chi connectivity index (χ0n) is 9.05. The minimum Gasteiger partial charge on any atom is -0.361 e. The van der Waals surface area contributed by atoms with Gasteiger partial charge in [-0.3, -0.25) is 0 Å². The molecule has 1 fully saturated rings. The number of rotatable bonds is 4. The van der Waals surface area contributed by atoms with Crippen LogP contribution in [0.25, 0.3) is 0 Å². The van der Waals surface area contributed by atoms with E-state index in [1.807, 2.05) is 5.38 Å². The molecule has 2 rings (SSSR count). The largest absolute Gasteiger partial charge is 0.361 e. The van der Waals surface area contributed by atoms with Gasteiger partial charge < -0.3 is 5.32 Å². The molecule has 0 bridgehead atoms. The Morgan fingerprint density at radius 2 is 2.27 bits per heavy atom. The van der Waals surface area contributed by atoms with Gasteiger partial charge in [0.05, 0.1) is 0 Å². The van der Waals surface area contributed by atoms with Gasteiger partial charge in [0.15, 0.2) is 5.13 Å². The van der Waals surface area contributed by atoms with E-state index in [1.165, 1.54) is 32.1 Å². The second-order valence-electron chi connectivity index (χ2n) is 4.39. The molecule has 1 aliphatic rings. The van der Waals surface area contributed by atoms with Gasteiger partial charge >= 0.3 is 0 Å². The predicted molar refractivity (Wildman–Crippen MR) is 66.8 cm³/mol. The lowest BCUT2D eigenvalue weighted by molar-refractivity contribution is 0.307. The van der Waals surface area contributed by atoms with Crippen LogP contribution >= 0.6 is 22.9 Å². The summed E-state index contributed by atoms with van der Waals surface area (Å²) in [5, 5.41) is 6.85.